The monoisotopic (exact) mass is 1300 g/mol. The van der Waals surface area contributed by atoms with E-state index in [-0.39, 0.29) is 49.9 Å². The average Bonchev–Trinajstić information content (AvgIpc) is 1.58. The minimum Gasteiger partial charge on any atom is -0.505 e. The molecule has 96 heavy (non-hydrogen) atoms. The number of hydrogen-bond acceptors (Lipinski definition) is 4. The molecule has 0 aliphatic heterocycles. The lowest BCUT2D eigenvalue weighted by atomic mass is 9.71. The molecule has 2 N–H and O–H groups in total. The fraction of sp³-hybridized carbons (Fsp3) is 0.455. The smallest absolute Gasteiger partial charge is 0.147 e. The van der Waals surface area contributed by atoms with Gasteiger partial charge in [0.05, 0.1) is 45.6 Å². The predicted molar refractivity (Wildman–Crippen MR) is 404 cm³/mol. The van der Waals surface area contributed by atoms with Crippen molar-refractivity contribution in [2.75, 3.05) is 0 Å². The van der Waals surface area contributed by atoms with Gasteiger partial charge in [-0.15, -0.1) is 0 Å². The number of aromatic nitrogens is 2. The van der Waals surface area contributed by atoms with Gasteiger partial charge in [-0.2, -0.15) is 0 Å². The highest BCUT2D eigenvalue weighted by Gasteiger charge is 2.35. The third-order valence-corrected chi connectivity index (χ3v) is 19.7. The average molecular weight is 1300 g/mol. The number of rotatable bonds is 15. The first-order chi connectivity index (χ1) is 44.1. The predicted octanol–water partition coefficient (Wildman–Crippen LogP) is 25.3. The summed E-state index contributed by atoms with van der Waals surface area (Å²) in [6.45, 7) is 57.3. The molecule has 0 radical (unpaired) electrons. The molecule has 0 saturated heterocycles. The van der Waals surface area contributed by atoms with Crippen molar-refractivity contribution in [1.82, 2.24) is 9.13 Å². The number of ether oxygens (including phenoxy) is 2. The minimum absolute atomic E-state index is 0.0102. The van der Waals surface area contributed by atoms with Gasteiger partial charge in [0.25, 0.3) is 0 Å². The van der Waals surface area contributed by atoms with E-state index in [2.05, 4.69) is 252 Å². The number of fused-ring (bicyclic) bond motifs is 6. The molecule has 0 unspecified atom stereocenters. The van der Waals surface area contributed by atoms with Crippen molar-refractivity contribution >= 4 is 43.6 Å². The maximum atomic E-state index is 16.8. The Labute approximate surface area is 573 Å². The molecule has 0 fully saturated rings. The molecule has 10 rings (SSSR count). The van der Waals surface area contributed by atoms with Gasteiger partial charge >= 0.3 is 0 Å². The van der Waals surface area contributed by atoms with Crippen LogP contribution in [-0.2, 0) is 32.5 Å². The summed E-state index contributed by atoms with van der Waals surface area (Å²) in [6, 6.07) is 42.9. The van der Waals surface area contributed by atoms with Crippen molar-refractivity contribution in [2.24, 2.45) is 10.8 Å². The first-order valence-corrected chi connectivity index (χ1v) is 35.0. The van der Waals surface area contributed by atoms with Crippen LogP contribution in [0, 0.1) is 22.5 Å². The summed E-state index contributed by atoms with van der Waals surface area (Å²) >= 11 is 0. The van der Waals surface area contributed by atoms with E-state index in [4.69, 9.17) is 9.47 Å². The summed E-state index contributed by atoms with van der Waals surface area (Å²) in [5, 5.41) is 31.0. The van der Waals surface area contributed by atoms with Crippen LogP contribution in [0.3, 0.4) is 0 Å². The second-order valence-corrected chi connectivity index (χ2v) is 36.4. The fourth-order valence-corrected chi connectivity index (χ4v) is 15.2. The Bertz CT molecular complexity index is 4480. The molecule has 2 heterocycles. The number of benzene rings is 8. The van der Waals surface area contributed by atoms with Crippen molar-refractivity contribution < 1.29 is 28.5 Å². The van der Waals surface area contributed by atoms with E-state index in [0.717, 1.165) is 67.6 Å². The van der Waals surface area contributed by atoms with Gasteiger partial charge in [-0.25, -0.2) is 8.78 Å². The number of phenols is 2. The molecule has 0 aliphatic rings. The van der Waals surface area contributed by atoms with Crippen molar-refractivity contribution in [2.45, 2.75) is 250 Å². The van der Waals surface area contributed by atoms with Gasteiger partial charge in [0.15, 0.2) is 0 Å². The standard InChI is InChI=1S/C88H110F2N2O4/c1-51(2)66-47-61(90)48-70(69-39-59(88(25,26)50-82(8,9)10)45-76(79(69)94)92-73-42-56(85(17,18)19)29-34-64(73)65-35-30-57(43-74(65)92)86(20,21)22)80(66)96-53(4)37-52(3)95-77-36-31-60(89)46-67(77)68-38-58(87(23,24)49-81(5,6)7)44-75(78(68)93)91-71-40-54(83(11,12)13)27-32-62(71)63-33-28-55(41-72(63)91)84(14,15)16/h27-36,38-48,51-53,93-94H,37,49-50H2,1-26H3/t52-,53-/m1/s1. The van der Waals surface area contributed by atoms with Gasteiger partial charge in [-0.05, 0) is 188 Å². The molecule has 0 bridgehead atoms. The van der Waals surface area contributed by atoms with Crippen LogP contribution in [0.15, 0.2) is 127 Å². The molecular weight excluding hydrogens is 1190 g/mol. The number of nitrogens with zero attached hydrogens (tertiary/aromatic N) is 2. The van der Waals surface area contributed by atoms with E-state index in [9.17, 15) is 10.2 Å². The Kier molecular flexibility index (Phi) is 18.4. The first-order valence-electron chi connectivity index (χ1n) is 35.0. The number of hydrogen-bond donors (Lipinski definition) is 2. The second-order valence-electron chi connectivity index (χ2n) is 36.4. The Morgan fingerprint density at radius 3 is 1.05 bits per heavy atom. The molecule has 2 aromatic heterocycles. The molecular formula is C88H110F2N2O4. The first kappa shape index (κ1) is 71.2. The van der Waals surface area contributed by atoms with Gasteiger partial charge in [0, 0.05) is 55.8 Å². The lowest BCUT2D eigenvalue weighted by Gasteiger charge is -2.34. The summed E-state index contributed by atoms with van der Waals surface area (Å²) in [5.41, 5.74) is 12.7. The van der Waals surface area contributed by atoms with Crippen molar-refractivity contribution in [3.05, 3.63) is 178 Å². The van der Waals surface area contributed by atoms with Crippen LogP contribution in [0.1, 0.15) is 244 Å². The summed E-state index contributed by atoms with van der Waals surface area (Å²) in [4.78, 5) is 0. The largest absolute Gasteiger partial charge is 0.505 e. The van der Waals surface area contributed by atoms with Gasteiger partial charge in [0.1, 0.15) is 34.6 Å². The summed E-state index contributed by atoms with van der Waals surface area (Å²) in [5.74, 6) is -0.158. The Morgan fingerprint density at radius 2 is 0.708 bits per heavy atom. The lowest BCUT2D eigenvalue weighted by molar-refractivity contribution is 0.130. The summed E-state index contributed by atoms with van der Waals surface area (Å²) in [6.07, 6.45) is 0.971. The fourth-order valence-electron chi connectivity index (χ4n) is 15.2. The highest BCUT2D eigenvalue weighted by Crippen LogP contribution is 2.52. The summed E-state index contributed by atoms with van der Waals surface area (Å²) < 4.78 is 51.8. The summed E-state index contributed by atoms with van der Waals surface area (Å²) in [7, 11) is 0. The van der Waals surface area contributed by atoms with E-state index in [0.29, 0.717) is 57.1 Å². The van der Waals surface area contributed by atoms with Gasteiger partial charge in [0.2, 0.25) is 0 Å². The van der Waals surface area contributed by atoms with Crippen molar-refractivity contribution in [3.63, 3.8) is 0 Å². The van der Waals surface area contributed by atoms with Crippen LogP contribution < -0.4 is 9.47 Å². The van der Waals surface area contributed by atoms with Crippen LogP contribution >= 0.6 is 0 Å². The van der Waals surface area contributed by atoms with Gasteiger partial charge in [-0.1, -0.05) is 215 Å². The maximum absolute atomic E-state index is 16.8. The van der Waals surface area contributed by atoms with Gasteiger partial charge in [-0.3, -0.25) is 0 Å². The van der Waals surface area contributed by atoms with Crippen LogP contribution in [0.4, 0.5) is 8.78 Å². The zero-order valence-corrected chi connectivity index (χ0v) is 62.8. The number of phenolic OH excluding ortho intramolecular Hbond substituents is 2. The van der Waals surface area contributed by atoms with Crippen LogP contribution in [0.25, 0.3) is 77.2 Å². The molecule has 2 atom stereocenters. The Morgan fingerprint density at radius 1 is 0.365 bits per heavy atom. The van der Waals surface area contributed by atoms with E-state index in [1.165, 1.54) is 40.5 Å². The number of aromatic hydroxyl groups is 2. The van der Waals surface area contributed by atoms with Crippen LogP contribution in [-0.4, -0.2) is 31.6 Å². The molecule has 0 saturated carbocycles. The normalized spacial score (nSPS) is 14.1. The van der Waals surface area contributed by atoms with E-state index < -0.39 is 34.7 Å². The Balaban J connectivity index is 1.11. The molecule has 0 spiro atoms. The maximum Gasteiger partial charge on any atom is 0.147 e. The molecule has 8 heteroatoms. The van der Waals surface area contributed by atoms with Crippen LogP contribution in [0.2, 0.25) is 0 Å². The molecule has 8 aromatic carbocycles. The molecule has 0 amide bonds. The second kappa shape index (κ2) is 24.7. The molecule has 10 aromatic rings. The zero-order valence-electron chi connectivity index (χ0n) is 62.8. The van der Waals surface area contributed by atoms with Crippen LogP contribution in [0.5, 0.6) is 23.0 Å². The lowest BCUT2D eigenvalue weighted by Crippen LogP contribution is -2.25. The SMILES string of the molecule is CC(C)c1cc(F)cc(-c2cc(C(C)(C)CC(C)(C)C)cc(-n3c4cc(C(C)(C)C)ccc4c4ccc(C(C)(C)C)cc43)c2O)c1O[C@H](C)C[C@@H](C)Oc1ccc(F)cc1-c1cc(C(C)(C)CC(C)(C)C)cc(-n2c3cc(C(C)(C)C)ccc3c3ccc(C(C)(C)C)cc32)c1O. The topological polar surface area (TPSA) is 68.8 Å². The van der Waals surface area contributed by atoms with Crippen molar-refractivity contribution in [3.8, 4) is 56.6 Å². The highest BCUT2D eigenvalue weighted by atomic mass is 19.1. The minimum atomic E-state index is -0.524. The quantitative estimate of drug-likeness (QED) is 0.107. The molecule has 0 aliphatic carbocycles. The van der Waals surface area contributed by atoms with E-state index in [1.807, 2.05) is 33.8 Å². The highest BCUT2D eigenvalue weighted by molar-refractivity contribution is 6.11. The number of halogens is 2. The van der Waals surface area contributed by atoms with Crippen molar-refractivity contribution in [1.29, 1.82) is 0 Å². The third kappa shape index (κ3) is 14.4. The molecule has 510 valence electrons. The van der Waals surface area contributed by atoms with E-state index in [1.54, 1.807) is 12.1 Å². The molecule has 6 nitrogen and oxygen atoms in total. The van der Waals surface area contributed by atoms with Gasteiger partial charge < -0.3 is 28.8 Å². The van der Waals surface area contributed by atoms with E-state index >= 15 is 8.78 Å². The Hall–Kier alpha value is -7.58. The third-order valence-electron chi connectivity index (χ3n) is 19.7. The zero-order chi connectivity index (χ0) is 70.9.